The average Bonchev–Trinajstić information content (AvgIpc) is 3.19. The second-order valence-corrected chi connectivity index (χ2v) is 6.02. The first-order valence-corrected chi connectivity index (χ1v) is 7.46. The summed E-state index contributed by atoms with van der Waals surface area (Å²) >= 11 is 1.68. The molecule has 1 aromatic heterocycles. The number of likely N-dealkylation sites (N-methyl/N-ethyl adjacent to an activating group) is 1. The van der Waals surface area contributed by atoms with Gasteiger partial charge < -0.3 is 15.0 Å². The first kappa shape index (κ1) is 12.7. The van der Waals surface area contributed by atoms with Crippen molar-refractivity contribution in [1.29, 1.82) is 0 Å². The van der Waals surface area contributed by atoms with Crippen LogP contribution in [0.3, 0.4) is 0 Å². The summed E-state index contributed by atoms with van der Waals surface area (Å²) in [6, 6.07) is 6.81. The van der Waals surface area contributed by atoms with E-state index >= 15 is 0 Å². The molecule has 3 rings (SSSR count). The summed E-state index contributed by atoms with van der Waals surface area (Å²) in [5, 5.41) is 4.40. The van der Waals surface area contributed by atoms with Crippen LogP contribution < -0.4 is 10.1 Å². The Morgan fingerprint density at radius 3 is 3.05 bits per heavy atom. The van der Waals surface area contributed by atoms with E-state index in [9.17, 15) is 0 Å². The van der Waals surface area contributed by atoms with E-state index in [0.717, 1.165) is 40.2 Å². The number of anilines is 1. The number of ether oxygens (including phenoxy) is 1. The smallest absolute Gasteiger partial charge is 0.183 e. The molecule has 0 unspecified atom stereocenters. The number of aromatic nitrogens is 1. The lowest BCUT2D eigenvalue weighted by Gasteiger charge is -2.15. The van der Waals surface area contributed by atoms with Crippen LogP contribution in [-0.2, 0) is 0 Å². The molecule has 0 saturated heterocycles. The van der Waals surface area contributed by atoms with E-state index in [4.69, 9.17) is 4.74 Å². The number of methoxy groups -OCH3 is 1. The summed E-state index contributed by atoms with van der Waals surface area (Å²) in [6.07, 6.45) is 2.72. The van der Waals surface area contributed by atoms with Gasteiger partial charge in [-0.05, 0) is 38.1 Å². The molecule has 0 bridgehead atoms. The van der Waals surface area contributed by atoms with Crippen molar-refractivity contribution < 1.29 is 4.74 Å². The molecule has 1 aliphatic carbocycles. The lowest BCUT2D eigenvalue weighted by atomic mass is 10.3. The molecule has 2 aromatic rings. The fourth-order valence-corrected chi connectivity index (χ4v) is 3.06. The Balaban J connectivity index is 1.61. The SMILES string of the molecule is COc1ccc2nc(NCCN(C)C3CC3)sc2c1. The Kier molecular flexibility index (Phi) is 3.57. The minimum absolute atomic E-state index is 0.821. The molecular formula is C14H19N3OS. The third-order valence-corrected chi connectivity index (χ3v) is 4.48. The van der Waals surface area contributed by atoms with Gasteiger partial charge in [-0.3, -0.25) is 0 Å². The van der Waals surface area contributed by atoms with Crippen molar-refractivity contribution in [2.75, 3.05) is 32.6 Å². The number of thiazole rings is 1. The highest BCUT2D eigenvalue weighted by Crippen LogP contribution is 2.29. The summed E-state index contributed by atoms with van der Waals surface area (Å²) in [5.41, 5.74) is 1.03. The zero-order chi connectivity index (χ0) is 13.2. The third kappa shape index (κ3) is 2.98. The minimum atomic E-state index is 0.821. The lowest BCUT2D eigenvalue weighted by Crippen LogP contribution is -2.26. The molecule has 1 aromatic carbocycles. The van der Waals surface area contributed by atoms with Gasteiger partial charge in [-0.2, -0.15) is 0 Å². The van der Waals surface area contributed by atoms with Crippen molar-refractivity contribution in [3.63, 3.8) is 0 Å². The number of fused-ring (bicyclic) bond motifs is 1. The summed E-state index contributed by atoms with van der Waals surface area (Å²) in [7, 11) is 3.89. The number of rotatable bonds is 6. The highest BCUT2D eigenvalue weighted by molar-refractivity contribution is 7.22. The monoisotopic (exact) mass is 277 g/mol. The fourth-order valence-electron chi connectivity index (χ4n) is 2.14. The van der Waals surface area contributed by atoms with Gasteiger partial charge in [0.2, 0.25) is 0 Å². The van der Waals surface area contributed by atoms with Gasteiger partial charge in [0.25, 0.3) is 0 Å². The molecule has 0 spiro atoms. The molecule has 0 amide bonds. The maximum Gasteiger partial charge on any atom is 0.183 e. The maximum atomic E-state index is 5.23. The van der Waals surface area contributed by atoms with Crippen LogP contribution in [0.25, 0.3) is 10.2 Å². The molecule has 102 valence electrons. The number of nitrogens with one attached hydrogen (secondary N) is 1. The topological polar surface area (TPSA) is 37.4 Å². The number of benzene rings is 1. The quantitative estimate of drug-likeness (QED) is 0.881. The molecule has 0 radical (unpaired) electrons. The Bertz CT molecular complexity index is 565. The van der Waals surface area contributed by atoms with E-state index < -0.39 is 0 Å². The van der Waals surface area contributed by atoms with Crippen molar-refractivity contribution >= 4 is 26.7 Å². The first-order valence-electron chi connectivity index (χ1n) is 6.65. The second-order valence-electron chi connectivity index (χ2n) is 4.99. The Hall–Kier alpha value is -1.33. The Morgan fingerprint density at radius 2 is 2.32 bits per heavy atom. The molecule has 0 aliphatic heterocycles. The van der Waals surface area contributed by atoms with Gasteiger partial charge in [0.1, 0.15) is 5.75 Å². The van der Waals surface area contributed by atoms with Crippen LogP contribution in [-0.4, -0.2) is 43.2 Å². The normalized spacial score (nSPS) is 15.1. The summed E-state index contributed by atoms with van der Waals surface area (Å²) < 4.78 is 6.39. The first-order chi connectivity index (χ1) is 9.26. The van der Waals surface area contributed by atoms with Crippen LogP contribution >= 0.6 is 11.3 Å². The largest absolute Gasteiger partial charge is 0.497 e. The Morgan fingerprint density at radius 1 is 1.47 bits per heavy atom. The molecule has 1 saturated carbocycles. The predicted molar refractivity (Wildman–Crippen MR) is 80.3 cm³/mol. The van der Waals surface area contributed by atoms with Crippen molar-refractivity contribution in [3.05, 3.63) is 18.2 Å². The van der Waals surface area contributed by atoms with Gasteiger partial charge in [-0.15, -0.1) is 0 Å². The van der Waals surface area contributed by atoms with Crippen LogP contribution in [0.2, 0.25) is 0 Å². The van der Waals surface area contributed by atoms with Crippen molar-refractivity contribution in [2.24, 2.45) is 0 Å². The summed E-state index contributed by atoms with van der Waals surface area (Å²) in [6.45, 7) is 2.02. The molecule has 19 heavy (non-hydrogen) atoms. The van der Waals surface area contributed by atoms with Gasteiger partial charge in [0, 0.05) is 19.1 Å². The minimum Gasteiger partial charge on any atom is -0.497 e. The van der Waals surface area contributed by atoms with Crippen LogP contribution in [0.5, 0.6) is 5.75 Å². The zero-order valence-corrected chi connectivity index (χ0v) is 12.2. The second kappa shape index (κ2) is 5.35. The van der Waals surface area contributed by atoms with Gasteiger partial charge in [-0.25, -0.2) is 4.98 Å². The van der Waals surface area contributed by atoms with E-state index in [0.29, 0.717) is 0 Å². The molecule has 1 N–H and O–H groups in total. The van der Waals surface area contributed by atoms with Crippen molar-refractivity contribution in [2.45, 2.75) is 18.9 Å². The van der Waals surface area contributed by atoms with E-state index in [2.05, 4.69) is 22.2 Å². The zero-order valence-electron chi connectivity index (χ0n) is 11.3. The number of hydrogen-bond acceptors (Lipinski definition) is 5. The van der Waals surface area contributed by atoms with Gasteiger partial charge in [0.15, 0.2) is 5.13 Å². The van der Waals surface area contributed by atoms with Crippen LogP contribution in [0.15, 0.2) is 18.2 Å². The van der Waals surface area contributed by atoms with Crippen molar-refractivity contribution in [3.8, 4) is 5.75 Å². The van der Waals surface area contributed by atoms with Gasteiger partial charge in [-0.1, -0.05) is 11.3 Å². The number of hydrogen-bond donors (Lipinski definition) is 1. The van der Waals surface area contributed by atoms with Crippen LogP contribution in [0.1, 0.15) is 12.8 Å². The molecule has 0 atom stereocenters. The standard InChI is InChI=1S/C14H19N3OS/c1-17(10-3-4-10)8-7-15-14-16-12-6-5-11(18-2)9-13(12)19-14/h5-6,9-10H,3-4,7-8H2,1-2H3,(H,15,16). The molecule has 4 nitrogen and oxygen atoms in total. The molecule has 1 aliphatic rings. The van der Waals surface area contributed by atoms with E-state index in [1.165, 1.54) is 12.8 Å². The number of nitrogens with zero attached hydrogens (tertiary/aromatic N) is 2. The molecular weight excluding hydrogens is 258 g/mol. The summed E-state index contributed by atoms with van der Waals surface area (Å²) in [4.78, 5) is 7.00. The molecule has 1 fully saturated rings. The highest BCUT2D eigenvalue weighted by Gasteiger charge is 2.25. The fraction of sp³-hybridized carbons (Fsp3) is 0.500. The average molecular weight is 277 g/mol. The van der Waals surface area contributed by atoms with E-state index in [1.807, 2.05) is 18.2 Å². The van der Waals surface area contributed by atoms with Crippen LogP contribution in [0, 0.1) is 0 Å². The summed E-state index contributed by atoms with van der Waals surface area (Å²) in [5.74, 6) is 0.885. The highest BCUT2D eigenvalue weighted by atomic mass is 32.1. The van der Waals surface area contributed by atoms with E-state index in [1.54, 1.807) is 18.4 Å². The lowest BCUT2D eigenvalue weighted by molar-refractivity contribution is 0.337. The van der Waals surface area contributed by atoms with E-state index in [-0.39, 0.29) is 0 Å². The predicted octanol–water partition coefficient (Wildman–Crippen LogP) is 2.81. The maximum absolute atomic E-state index is 5.23. The van der Waals surface area contributed by atoms with Gasteiger partial charge >= 0.3 is 0 Å². The molecule has 1 heterocycles. The van der Waals surface area contributed by atoms with Crippen molar-refractivity contribution in [1.82, 2.24) is 9.88 Å². The van der Waals surface area contributed by atoms with Gasteiger partial charge in [0.05, 0.1) is 17.3 Å². The van der Waals surface area contributed by atoms with Crippen LogP contribution in [0.4, 0.5) is 5.13 Å². The Labute approximate surface area is 117 Å². The molecule has 5 heteroatoms. The third-order valence-electron chi connectivity index (χ3n) is 3.51.